The number of carbonyl (C=O) groups excluding carboxylic acids is 2. The maximum Gasteiger partial charge on any atom is 0.338 e. The predicted octanol–water partition coefficient (Wildman–Crippen LogP) is 3.13. The van der Waals surface area contributed by atoms with Gasteiger partial charge in [-0.25, -0.2) is 9.59 Å². The van der Waals surface area contributed by atoms with E-state index in [1.165, 1.54) is 0 Å². The quantitative estimate of drug-likeness (QED) is 0.303. The summed E-state index contributed by atoms with van der Waals surface area (Å²) in [4.78, 5) is 23.1. The molecule has 0 saturated heterocycles. The molecular weight excluding hydrogens is 232 g/mol. The number of ether oxygens (including phenoxy) is 2. The highest BCUT2D eigenvalue weighted by molar-refractivity contribution is 5.91. The SMILES string of the molecule is C=C(C)C(=O)O/C(CC)=C(/C)C(=O)OCCCC. The number of esters is 2. The van der Waals surface area contributed by atoms with Crippen LogP contribution in [-0.4, -0.2) is 18.5 Å². The second kappa shape index (κ2) is 8.50. The smallest absolute Gasteiger partial charge is 0.338 e. The van der Waals surface area contributed by atoms with Crippen molar-refractivity contribution in [2.45, 2.75) is 47.0 Å². The van der Waals surface area contributed by atoms with Gasteiger partial charge in [-0.1, -0.05) is 26.8 Å². The number of rotatable bonds is 7. The van der Waals surface area contributed by atoms with Gasteiger partial charge in [0, 0.05) is 12.0 Å². The number of unbranched alkanes of at least 4 members (excludes halogenated alkanes) is 1. The lowest BCUT2D eigenvalue weighted by atomic mass is 10.2. The van der Waals surface area contributed by atoms with Gasteiger partial charge in [-0.05, 0) is 20.3 Å². The molecule has 0 fully saturated rings. The number of allylic oxidation sites excluding steroid dienone is 1. The molecule has 102 valence electrons. The minimum absolute atomic E-state index is 0.299. The Labute approximate surface area is 109 Å². The zero-order chi connectivity index (χ0) is 14.1. The third-order valence-electron chi connectivity index (χ3n) is 2.34. The van der Waals surface area contributed by atoms with Crippen LogP contribution in [0.15, 0.2) is 23.5 Å². The molecule has 0 aliphatic heterocycles. The van der Waals surface area contributed by atoms with Gasteiger partial charge in [-0.3, -0.25) is 0 Å². The van der Waals surface area contributed by atoms with Crippen molar-refractivity contribution in [1.82, 2.24) is 0 Å². The summed E-state index contributed by atoms with van der Waals surface area (Å²) in [6, 6.07) is 0. The molecule has 0 aliphatic carbocycles. The third-order valence-corrected chi connectivity index (χ3v) is 2.34. The average Bonchev–Trinajstić information content (AvgIpc) is 2.34. The minimum atomic E-state index is -0.521. The summed E-state index contributed by atoms with van der Waals surface area (Å²) < 4.78 is 10.1. The van der Waals surface area contributed by atoms with Crippen molar-refractivity contribution in [1.29, 1.82) is 0 Å². The van der Waals surface area contributed by atoms with Crippen LogP contribution in [0.3, 0.4) is 0 Å². The van der Waals surface area contributed by atoms with Crippen LogP contribution < -0.4 is 0 Å². The molecule has 0 heterocycles. The van der Waals surface area contributed by atoms with Gasteiger partial charge >= 0.3 is 11.9 Å². The molecule has 0 aromatic rings. The van der Waals surface area contributed by atoms with Crippen molar-refractivity contribution >= 4 is 11.9 Å². The van der Waals surface area contributed by atoms with Gasteiger partial charge in [0.05, 0.1) is 12.2 Å². The second-order valence-corrected chi connectivity index (χ2v) is 4.06. The van der Waals surface area contributed by atoms with E-state index in [1.54, 1.807) is 13.8 Å². The van der Waals surface area contributed by atoms with Crippen LogP contribution in [0.4, 0.5) is 0 Å². The maximum atomic E-state index is 11.7. The summed E-state index contributed by atoms with van der Waals surface area (Å²) in [5.74, 6) is -0.619. The normalized spacial score (nSPS) is 11.6. The zero-order valence-corrected chi connectivity index (χ0v) is 11.7. The van der Waals surface area contributed by atoms with Gasteiger partial charge in [0.1, 0.15) is 5.76 Å². The molecular formula is C14H22O4. The molecule has 0 amide bonds. The Hall–Kier alpha value is -1.58. The Morgan fingerprint density at radius 1 is 1.11 bits per heavy atom. The van der Waals surface area contributed by atoms with Crippen molar-refractivity contribution in [3.05, 3.63) is 23.5 Å². The van der Waals surface area contributed by atoms with Crippen LogP contribution in [0.1, 0.15) is 47.0 Å². The molecule has 0 rings (SSSR count). The molecule has 0 aliphatic rings. The summed E-state index contributed by atoms with van der Waals surface area (Å²) in [6.45, 7) is 10.9. The fraction of sp³-hybridized carbons (Fsp3) is 0.571. The van der Waals surface area contributed by atoms with Gasteiger partial charge < -0.3 is 9.47 Å². The van der Waals surface area contributed by atoms with E-state index in [1.807, 2.05) is 13.8 Å². The molecule has 0 spiro atoms. The molecule has 0 aromatic carbocycles. The zero-order valence-electron chi connectivity index (χ0n) is 11.7. The predicted molar refractivity (Wildman–Crippen MR) is 69.8 cm³/mol. The van der Waals surface area contributed by atoms with Crippen LogP contribution in [0.2, 0.25) is 0 Å². The first-order valence-corrected chi connectivity index (χ1v) is 6.18. The number of hydrogen-bond donors (Lipinski definition) is 0. The van der Waals surface area contributed by atoms with Gasteiger partial charge in [0.15, 0.2) is 0 Å². The van der Waals surface area contributed by atoms with Crippen molar-refractivity contribution in [2.24, 2.45) is 0 Å². The molecule has 18 heavy (non-hydrogen) atoms. The summed E-state index contributed by atoms with van der Waals surface area (Å²) >= 11 is 0. The van der Waals surface area contributed by atoms with Crippen LogP contribution in [-0.2, 0) is 19.1 Å². The van der Waals surface area contributed by atoms with E-state index in [2.05, 4.69) is 6.58 Å². The first-order chi connectivity index (χ1) is 8.43. The van der Waals surface area contributed by atoms with E-state index in [0.29, 0.717) is 29.9 Å². The summed E-state index contributed by atoms with van der Waals surface area (Å²) in [5.41, 5.74) is 0.635. The summed E-state index contributed by atoms with van der Waals surface area (Å²) in [6.07, 6.45) is 2.24. The van der Waals surface area contributed by atoms with E-state index in [-0.39, 0.29) is 0 Å². The Bertz CT molecular complexity index is 353. The van der Waals surface area contributed by atoms with Gasteiger partial charge in [-0.15, -0.1) is 0 Å². The van der Waals surface area contributed by atoms with Gasteiger partial charge in [0.2, 0.25) is 0 Å². The summed E-state index contributed by atoms with van der Waals surface area (Å²) in [7, 11) is 0. The van der Waals surface area contributed by atoms with E-state index < -0.39 is 11.9 Å². The van der Waals surface area contributed by atoms with Crippen LogP contribution >= 0.6 is 0 Å². The molecule has 0 aromatic heterocycles. The molecule has 0 N–H and O–H groups in total. The fourth-order valence-electron chi connectivity index (χ4n) is 1.14. The Morgan fingerprint density at radius 3 is 2.17 bits per heavy atom. The Balaban J connectivity index is 4.65. The second-order valence-electron chi connectivity index (χ2n) is 4.06. The number of hydrogen-bond acceptors (Lipinski definition) is 4. The van der Waals surface area contributed by atoms with Crippen LogP contribution in [0.5, 0.6) is 0 Å². The first-order valence-electron chi connectivity index (χ1n) is 6.18. The van der Waals surface area contributed by atoms with E-state index in [4.69, 9.17) is 9.47 Å². The fourth-order valence-corrected chi connectivity index (χ4v) is 1.14. The van der Waals surface area contributed by atoms with Crippen LogP contribution in [0, 0.1) is 0 Å². The van der Waals surface area contributed by atoms with Crippen LogP contribution in [0.25, 0.3) is 0 Å². The Kier molecular flexibility index (Phi) is 7.76. The van der Waals surface area contributed by atoms with E-state index in [0.717, 1.165) is 12.8 Å². The first kappa shape index (κ1) is 16.4. The molecule has 0 saturated carbocycles. The highest BCUT2D eigenvalue weighted by Gasteiger charge is 2.15. The van der Waals surface area contributed by atoms with E-state index >= 15 is 0 Å². The molecule has 0 atom stereocenters. The average molecular weight is 254 g/mol. The van der Waals surface area contributed by atoms with Crippen molar-refractivity contribution in [3.8, 4) is 0 Å². The molecule has 4 nitrogen and oxygen atoms in total. The van der Waals surface area contributed by atoms with Gasteiger partial charge in [0.25, 0.3) is 0 Å². The lowest BCUT2D eigenvalue weighted by Crippen LogP contribution is -2.13. The molecule has 0 radical (unpaired) electrons. The van der Waals surface area contributed by atoms with Crippen molar-refractivity contribution in [3.63, 3.8) is 0 Å². The summed E-state index contributed by atoms with van der Waals surface area (Å²) in [5, 5.41) is 0. The topological polar surface area (TPSA) is 52.6 Å². The highest BCUT2D eigenvalue weighted by Crippen LogP contribution is 2.14. The lowest BCUT2D eigenvalue weighted by molar-refractivity contribution is -0.139. The Morgan fingerprint density at radius 2 is 1.72 bits per heavy atom. The standard InChI is InChI=1S/C14H22O4/c1-6-8-9-17-14(16)11(5)12(7-2)18-13(15)10(3)4/h3,6-9H2,1-2,4-5H3/b12-11-. The van der Waals surface area contributed by atoms with Gasteiger partial charge in [-0.2, -0.15) is 0 Å². The largest absolute Gasteiger partial charge is 0.462 e. The molecule has 0 unspecified atom stereocenters. The van der Waals surface area contributed by atoms with Crippen molar-refractivity contribution < 1.29 is 19.1 Å². The monoisotopic (exact) mass is 254 g/mol. The lowest BCUT2D eigenvalue weighted by Gasteiger charge is -2.10. The maximum absolute atomic E-state index is 11.7. The third kappa shape index (κ3) is 5.66. The number of carbonyl (C=O) groups is 2. The minimum Gasteiger partial charge on any atom is -0.462 e. The van der Waals surface area contributed by atoms with Crippen molar-refractivity contribution in [2.75, 3.05) is 6.61 Å². The molecule has 4 heteroatoms. The molecule has 0 bridgehead atoms. The highest BCUT2D eigenvalue weighted by atomic mass is 16.5. The van der Waals surface area contributed by atoms with E-state index in [9.17, 15) is 9.59 Å².